The molecule has 0 saturated carbocycles. The lowest BCUT2D eigenvalue weighted by molar-refractivity contribution is -0.135. The zero-order valence-corrected chi connectivity index (χ0v) is 19.6. The maximum absolute atomic E-state index is 13.3. The number of carbonyl (C=O) groups is 3. The second kappa shape index (κ2) is 9.58. The summed E-state index contributed by atoms with van der Waals surface area (Å²) in [5.74, 6) is -0.331. The van der Waals surface area contributed by atoms with E-state index < -0.39 is 0 Å². The minimum absolute atomic E-state index is 0.0323. The first kappa shape index (κ1) is 22.6. The van der Waals surface area contributed by atoms with Gasteiger partial charge in [0.05, 0.1) is 29.5 Å². The average Bonchev–Trinajstić information content (AvgIpc) is 3.47. The van der Waals surface area contributed by atoms with Gasteiger partial charge in [-0.3, -0.25) is 19.3 Å². The van der Waals surface area contributed by atoms with Gasteiger partial charge in [0.15, 0.2) is 0 Å². The SMILES string of the molecule is CN(Cc1ccccc1)C(=O)C1CCN(c2cccc3c2C(=O)N(CC2CCCO2)C3=O)CC1. The molecule has 2 aromatic carbocycles. The van der Waals surface area contributed by atoms with Crippen LogP contribution in [0.3, 0.4) is 0 Å². The Morgan fingerprint density at radius 3 is 2.47 bits per heavy atom. The number of imide groups is 1. The lowest BCUT2D eigenvalue weighted by Crippen LogP contribution is -2.41. The van der Waals surface area contributed by atoms with Gasteiger partial charge in [0.25, 0.3) is 11.8 Å². The number of carbonyl (C=O) groups excluding carboxylic acids is 3. The summed E-state index contributed by atoms with van der Waals surface area (Å²) in [5, 5.41) is 0. The maximum Gasteiger partial charge on any atom is 0.263 e. The molecule has 0 N–H and O–H groups in total. The smallest absolute Gasteiger partial charge is 0.263 e. The summed E-state index contributed by atoms with van der Waals surface area (Å²) in [5.41, 5.74) is 2.89. The van der Waals surface area contributed by atoms with Gasteiger partial charge < -0.3 is 14.5 Å². The number of benzene rings is 2. The number of hydrogen-bond donors (Lipinski definition) is 0. The normalized spacial score (nSPS) is 20.7. The van der Waals surface area contributed by atoms with Crippen LogP contribution in [0.1, 0.15) is 52.0 Å². The van der Waals surface area contributed by atoms with Crippen molar-refractivity contribution in [3.8, 4) is 0 Å². The Morgan fingerprint density at radius 1 is 1.00 bits per heavy atom. The molecule has 0 radical (unpaired) electrons. The maximum atomic E-state index is 13.3. The summed E-state index contributed by atoms with van der Waals surface area (Å²) in [7, 11) is 1.86. The molecule has 7 heteroatoms. The highest BCUT2D eigenvalue weighted by Crippen LogP contribution is 2.35. The third-order valence-electron chi connectivity index (χ3n) is 7.21. The summed E-state index contributed by atoms with van der Waals surface area (Å²) in [6.07, 6.45) is 3.22. The first-order valence-corrected chi connectivity index (χ1v) is 12.2. The Kier molecular flexibility index (Phi) is 6.37. The van der Waals surface area contributed by atoms with Crippen LogP contribution >= 0.6 is 0 Å². The van der Waals surface area contributed by atoms with E-state index in [1.54, 1.807) is 11.0 Å². The fourth-order valence-corrected chi connectivity index (χ4v) is 5.35. The zero-order chi connectivity index (χ0) is 23.7. The number of piperidine rings is 1. The van der Waals surface area contributed by atoms with E-state index in [1.807, 2.05) is 49.5 Å². The van der Waals surface area contributed by atoms with Crippen molar-refractivity contribution < 1.29 is 19.1 Å². The van der Waals surface area contributed by atoms with Crippen molar-refractivity contribution in [2.75, 3.05) is 38.2 Å². The van der Waals surface area contributed by atoms with E-state index >= 15 is 0 Å². The first-order valence-electron chi connectivity index (χ1n) is 12.2. The van der Waals surface area contributed by atoms with Crippen LogP contribution in [0.5, 0.6) is 0 Å². The van der Waals surface area contributed by atoms with Crippen molar-refractivity contribution in [2.45, 2.75) is 38.3 Å². The second-order valence-electron chi connectivity index (χ2n) is 9.50. The molecule has 178 valence electrons. The number of amides is 3. The highest BCUT2D eigenvalue weighted by Gasteiger charge is 2.40. The fraction of sp³-hybridized carbons (Fsp3) is 0.444. The van der Waals surface area contributed by atoms with E-state index in [-0.39, 0.29) is 29.7 Å². The van der Waals surface area contributed by atoms with E-state index in [4.69, 9.17) is 4.74 Å². The Bertz CT molecular complexity index is 1070. The number of fused-ring (bicyclic) bond motifs is 1. The number of nitrogens with zero attached hydrogens (tertiary/aromatic N) is 3. The fourth-order valence-electron chi connectivity index (χ4n) is 5.35. The van der Waals surface area contributed by atoms with Gasteiger partial charge in [0.1, 0.15) is 0 Å². The van der Waals surface area contributed by atoms with Crippen molar-refractivity contribution in [3.05, 3.63) is 65.2 Å². The van der Waals surface area contributed by atoms with Crippen molar-refractivity contribution in [1.29, 1.82) is 0 Å². The lowest BCUT2D eigenvalue weighted by Gasteiger charge is -2.35. The van der Waals surface area contributed by atoms with Gasteiger partial charge in [-0.05, 0) is 43.4 Å². The third kappa shape index (κ3) is 4.32. The predicted molar refractivity (Wildman–Crippen MR) is 129 cm³/mol. The largest absolute Gasteiger partial charge is 0.376 e. The lowest BCUT2D eigenvalue weighted by atomic mass is 9.94. The van der Waals surface area contributed by atoms with E-state index in [9.17, 15) is 14.4 Å². The van der Waals surface area contributed by atoms with Crippen LogP contribution in [0.2, 0.25) is 0 Å². The molecular weight excluding hydrogens is 430 g/mol. The van der Waals surface area contributed by atoms with Gasteiger partial charge in [-0.25, -0.2) is 0 Å². The Hall–Kier alpha value is -3.19. The van der Waals surface area contributed by atoms with Crippen LogP contribution in [0.25, 0.3) is 0 Å². The third-order valence-corrected chi connectivity index (χ3v) is 7.21. The molecule has 0 spiro atoms. The monoisotopic (exact) mass is 461 g/mol. The van der Waals surface area contributed by atoms with Crippen LogP contribution in [-0.4, -0.2) is 66.9 Å². The summed E-state index contributed by atoms with van der Waals surface area (Å²) in [6, 6.07) is 15.5. The number of hydrogen-bond acceptors (Lipinski definition) is 5. The molecule has 5 rings (SSSR count). The van der Waals surface area contributed by atoms with Crippen LogP contribution < -0.4 is 4.90 Å². The van der Waals surface area contributed by atoms with Crippen molar-refractivity contribution >= 4 is 23.4 Å². The van der Waals surface area contributed by atoms with Crippen molar-refractivity contribution in [2.24, 2.45) is 5.92 Å². The Labute approximate surface area is 200 Å². The van der Waals surface area contributed by atoms with E-state index in [0.717, 1.165) is 36.9 Å². The molecule has 1 unspecified atom stereocenters. The molecule has 2 saturated heterocycles. The first-order chi connectivity index (χ1) is 16.5. The second-order valence-corrected chi connectivity index (χ2v) is 9.50. The van der Waals surface area contributed by atoms with Crippen LogP contribution in [0, 0.1) is 5.92 Å². The minimum Gasteiger partial charge on any atom is -0.376 e. The molecule has 2 aromatic rings. The summed E-state index contributed by atoms with van der Waals surface area (Å²) >= 11 is 0. The molecule has 7 nitrogen and oxygen atoms in total. The number of rotatable bonds is 6. The van der Waals surface area contributed by atoms with E-state index in [0.29, 0.717) is 43.9 Å². The van der Waals surface area contributed by atoms with Crippen LogP contribution in [0.15, 0.2) is 48.5 Å². The quantitative estimate of drug-likeness (QED) is 0.617. The molecule has 3 heterocycles. The van der Waals surface area contributed by atoms with Gasteiger partial charge >= 0.3 is 0 Å². The minimum atomic E-state index is -0.232. The predicted octanol–water partition coefficient (Wildman–Crippen LogP) is 3.34. The van der Waals surface area contributed by atoms with Crippen molar-refractivity contribution in [3.63, 3.8) is 0 Å². The molecule has 2 fully saturated rings. The molecule has 1 atom stereocenters. The molecule has 3 aliphatic rings. The average molecular weight is 462 g/mol. The molecular formula is C27H31N3O4. The molecule has 3 amide bonds. The highest BCUT2D eigenvalue weighted by atomic mass is 16.5. The van der Waals surface area contributed by atoms with Gasteiger partial charge in [-0.1, -0.05) is 36.4 Å². The zero-order valence-electron chi connectivity index (χ0n) is 19.6. The van der Waals surface area contributed by atoms with Crippen LogP contribution in [-0.2, 0) is 16.1 Å². The topological polar surface area (TPSA) is 70.2 Å². The van der Waals surface area contributed by atoms with Gasteiger partial charge in [-0.15, -0.1) is 0 Å². The molecule has 34 heavy (non-hydrogen) atoms. The number of anilines is 1. The van der Waals surface area contributed by atoms with E-state index in [2.05, 4.69) is 4.90 Å². The van der Waals surface area contributed by atoms with Crippen LogP contribution in [0.4, 0.5) is 5.69 Å². The van der Waals surface area contributed by atoms with E-state index in [1.165, 1.54) is 4.90 Å². The van der Waals surface area contributed by atoms with Gasteiger partial charge in [-0.2, -0.15) is 0 Å². The van der Waals surface area contributed by atoms with Crippen molar-refractivity contribution in [1.82, 2.24) is 9.80 Å². The highest BCUT2D eigenvalue weighted by molar-refractivity contribution is 6.23. The summed E-state index contributed by atoms with van der Waals surface area (Å²) in [4.78, 5) is 44.6. The molecule has 0 aliphatic carbocycles. The summed E-state index contributed by atoms with van der Waals surface area (Å²) in [6.45, 7) is 2.96. The molecule has 0 aromatic heterocycles. The molecule has 3 aliphatic heterocycles. The standard InChI is InChI=1S/C27H31N3O4/c1-28(17-19-7-3-2-4-8-19)25(31)20-12-14-29(15-13-20)23-11-5-10-22-24(23)27(33)30(26(22)32)18-21-9-6-16-34-21/h2-5,7-8,10-11,20-21H,6,9,12-18H2,1H3. The summed E-state index contributed by atoms with van der Waals surface area (Å²) < 4.78 is 5.66. The Morgan fingerprint density at radius 2 is 1.76 bits per heavy atom. The Balaban J connectivity index is 1.24. The van der Waals surface area contributed by atoms with Gasteiger partial charge in [0, 0.05) is 39.2 Å². The molecule has 0 bridgehead atoms. The van der Waals surface area contributed by atoms with Gasteiger partial charge in [0.2, 0.25) is 5.91 Å². The number of ether oxygens (including phenoxy) is 1.